The van der Waals surface area contributed by atoms with Crippen LogP contribution in [-0.2, 0) is 4.74 Å². The van der Waals surface area contributed by atoms with E-state index in [2.05, 4.69) is 26.8 Å². The van der Waals surface area contributed by atoms with Crippen molar-refractivity contribution in [3.8, 4) is 0 Å². The number of methoxy groups -OCH3 is 1. The number of piperidine rings is 2. The summed E-state index contributed by atoms with van der Waals surface area (Å²) >= 11 is 0. The molecule has 0 radical (unpaired) electrons. The third kappa shape index (κ3) is 2.85. The maximum atomic E-state index is 11.6. The van der Waals surface area contributed by atoms with E-state index < -0.39 is 5.97 Å². The van der Waals surface area contributed by atoms with Crippen molar-refractivity contribution in [1.82, 2.24) is 14.9 Å². The molecule has 2 unspecified atom stereocenters. The first kappa shape index (κ1) is 14.3. The predicted octanol–water partition coefficient (Wildman–Crippen LogP) is 1.18. The Bertz CT molecular complexity index is 522. The van der Waals surface area contributed by atoms with Crippen LogP contribution < -0.4 is 4.90 Å². The lowest BCUT2D eigenvalue weighted by Gasteiger charge is -2.46. The molecule has 0 aliphatic carbocycles. The van der Waals surface area contributed by atoms with Crippen LogP contribution in [0, 0.1) is 5.92 Å². The number of carbonyl (C=O) groups excluding carboxylic acids is 1. The summed E-state index contributed by atoms with van der Waals surface area (Å²) in [5.41, 5.74) is 0.276. The molecule has 1 aromatic heterocycles. The molecule has 0 N–H and O–H groups in total. The number of fused-ring (bicyclic) bond motifs is 1. The maximum absolute atomic E-state index is 11.6. The molecule has 2 fully saturated rings. The summed E-state index contributed by atoms with van der Waals surface area (Å²) in [7, 11) is 3.59. The van der Waals surface area contributed by atoms with Crippen molar-refractivity contribution >= 4 is 11.8 Å². The van der Waals surface area contributed by atoms with Crippen molar-refractivity contribution < 1.29 is 9.53 Å². The topological polar surface area (TPSA) is 58.6 Å². The van der Waals surface area contributed by atoms with Gasteiger partial charge >= 0.3 is 5.97 Å². The van der Waals surface area contributed by atoms with E-state index in [1.165, 1.54) is 32.7 Å². The Morgan fingerprint density at radius 1 is 1.33 bits per heavy atom. The van der Waals surface area contributed by atoms with Gasteiger partial charge in [-0.15, -0.1) is 0 Å². The fraction of sp³-hybridized carbons (Fsp3) is 0.667. The summed E-state index contributed by atoms with van der Waals surface area (Å²) < 4.78 is 4.71. The number of carbonyl (C=O) groups is 1. The molecule has 114 valence electrons. The number of likely N-dealkylation sites (tertiary alicyclic amines) is 1. The molecule has 0 aromatic carbocycles. The van der Waals surface area contributed by atoms with Crippen LogP contribution in [0.1, 0.15) is 29.8 Å². The van der Waals surface area contributed by atoms with E-state index >= 15 is 0 Å². The molecule has 3 heterocycles. The third-order valence-electron chi connectivity index (χ3n) is 4.69. The minimum Gasteiger partial charge on any atom is -0.464 e. The number of aromatic nitrogens is 2. The SMILES string of the molecule is COC(=O)c1cncc(N2CCC3C(CCCN3C)C2)n1. The molecule has 0 amide bonds. The Morgan fingerprint density at radius 3 is 3.00 bits per heavy atom. The third-order valence-corrected chi connectivity index (χ3v) is 4.69. The van der Waals surface area contributed by atoms with Crippen molar-refractivity contribution in [1.29, 1.82) is 0 Å². The molecular weight excluding hydrogens is 268 g/mol. The number of hydrogen-bond donors (Lipinski definition) is 0. The summed E-state index contributed by atoms with van der Waals surface area (Å²) in [4.78, 5) is 24.8. The van der Waals surface area contributed by atoms with E-state index in [4.69, 9.17) is 4.74 Å². The second-order valence-corrected chi connectivity index (χ2v) is 5.94. The predicted molar refractivity (Wildman–Crippen MR) is 79.3 cm³/mol. The van der Waals surface area contributed by atoms with Crippen LogP contribution in [0.3, 0.4) is 0 Å². The number of rotatable bonds is 2. The average molecular weight is 290 g/mol. The highest BCUT2D eigenvalue weighted by molar-refractivity contribution is 5.87. The number of ether oxygens (including phenoxy) is 1. The van der Waals surface area contributed by atoms with Gasteiger partial charge < -0.3 is 14.5 Å². The highest BCUT2D eigenvalue weighted by Crippen LogP contribution is 2.31. The first-order valence-electron chi connectivity index (χ1n) is 7.54. The Labute approximate surface area is 125 Å². The van der Waals surface area contributed by atoms with E-state index in [1.807, 2.05) is 0 Å². The standard InChI is InChI=1S/C15H22N4O2/c1-18-6-3-4-11-10-19(7-5-13(11)18)14-9-16-8-12(17-14)15(20)21-2/h8-9,11,13H,3-7,10H2,1-2H3. The molecule has 2 saturated heterocycles. The average Bonchev–Trinajstić information content (AvgIpc) is 2.54. The van der Waals surface area contributed by atoms with Crippen LogP contribution in [0.25, 0.3) is 0 Å². The highest BCUT2D eigenvalue weighted by atomic mass is 16.5. The van der Waals surface area contributed by atoms with Crippen LogP contribution in [0.5, 0.6) is 0 Å². The van der Waals surface area contributed by atoms with Gasteiger partial charge in [0.1, 0.15) is 5.82 Å². The largest absolute Gasteiger partial charge is 0.464 e. The normalized spacial score (nSPS) is 26.3. The zero-order chi connectivity index (χ0) is 14.8. The summed E-state index contributed by atoms with van der Waals surface area (Å²) in [6.07, 6.45) is 6.87. The van der Waals surface area contributed by atoms with Crippen molar-refractivity contribution in [2.75, 3.05) is 38.7 Å². The van der Waals surface area contributed by atoms with Crippen molar-refractivity contribution in [3.63, 3.8) is 0 Å². The number of nitrogens with zero attached hydrogens (tertiary/aromatic N) is 4. The van der Waals surface area contributed by atoms with E-state index in [9.17, 15) is 4.79 Å². The van der Waals surface area contributed by atoms with Crippen LogP contribution in [0.15, 0.2) is 12.4 Å². The first-order chi connectivity index (χ1) is 10.2. The van der Waals surface area contributed by atoms with Gasteiger partial charge in [-0.2, -0.15) is 0 Å². The van der Waals surface area contributed by atoms with Gasteiger partial charge in [-0.3, -0.25) is 4.98 Å². The van der Waals surface area contributed by atoms with Gasteiger partial charge in [0.15, 0.2) is 5.69 Å². The fourth-order valence-electron chi connectivity index (χ4n) is 3.57. The first-order valence-corrected chi connectivity index (χ1v) is 7.54. The molecule has 21 heavy (non-hydrogen) atoms. The second-order valence-electron chi connectivity index (χ2n) is 5.94. The summed E-state index contributed by atoms with van der Waals surface area (Å²) in [5.74, 6) is 1.03. The van der Waals surface area contributed by atoms with Crippen LogP contribution >= 0.6 is 0 Å². The van der Waals surface area contributed by atoms with Gasteiger partial charge in [0.2, 0.25) is 0 Å². The van der Waals surface area contributed by atoms with Gasteiger partial charge in [-0.1, -0.05) is 0 Å². The highest BCUT2D eigenvalue weighted by Gasteiger charge is 2.34. The molecule has 1 aromatic rings. The number of hydrogen-bond acceptors (Lipinski definition) is 6. The van der Waals surface area contributed by atoms with E-state index in [1.54, 1.807) is 6.20 Å². The number of anilines is 1. The smallest absolute Gasteiger partial charge is 0.358 e. The fourth-order valence-corrected chi connectivity index (χ4v) is 3.57. The monoisotopic (exact) mass is 290 g/mol. The van der Waals surface area contributed by atoms with Crippen LogP contribution in [-0.4, -0.2) is 60.7 Å². The summed E-state index contributed by atoms with van der Waals surface area (Å²) in [6.45, 7) is 3.16. The molecule has 2 aliphatic rings. The van der Waals surface area contributed by atoms with E-state index in [-0.39, 0.29) is 5.69 Å². The van der Waals surface area contributed by atoms with Crippen molar-refractivity contribution in [2.45, 2.75) is 25.3 Å². The molecule has 0 bridgehead atoms. The Kier molecular flexibility index (Phi) is 4.05. The Morgan fingerprint density at radius 2 is 2.19 bits per heavy atom. The molecule has 3 rings (SSSR count). The maximum Gasteiger partial charge on any atom is 0.358 e. The molecule has 2 atom stereocenters. The molecule has 0 spiro atoms. The Hall–Kier alpha value is -1.69. The molecule has 2 aliphatic heterocycles. The van der Waals surface area contributed by atoms with E-state index in [0.717, 1.165) is 25.3 Å². The van der Waals surface area contributed by atoms with Crippen LogP contribution in [0.2, 0.25) is 0 Å². The van der Waals surface area contributed by atoms with Gasteiger partial charge in [-0.25, -0.2) is 9.78 Å². The van der Waals surface area contributed by atoms with Gasteiger partial charge in [0, 0.05) is 19.1 Å². The lowest BCUT2D eigenvalue weighted by Crippen LogP contribution is -2.53. The molecule has 6 nitrogen and oxygen atoms in total. The van der Waals surface area contributed by atoms with Gasteiger partial charge in [0.05, 0.1) is 19.5 Å². The molecule has 0 saturated carbocycles. The lowest BCUT2D eigenvalue weighted by atomic mass is 9.84. The summed E-state index contributed by atoms with van der Waals surface area (Å²) in [5, 5.41) is 0. The van der Waals surface area contributed by atoms with Gasteiger partial charge in [-0.05, 0) is 38.8 Å². The van der Waals surface area contributed by atoms with Crippen molar-refractivity contribution in [2.24, 2.45) is 5.92 Å². The van der Waals surface area contributed by atoms with Gasteiger partial charge in [0.25, 0.3) is 0 Å². The zero-order valence-electron chi connectivity index (χ0n) is 12.7. The molecular formula is C15H22N4O2. The summed E-state index contributed by atoms with van der Waals surface area (Å²) in [6, 6.07) is 0.687. The van der Waals surface area contributed by atoms with Crippen molar-refractivity contribution in [3.05, 3.63) is 18.1 Å². The minimum atomic E-state index is -0.434. The lowest BCUT2D eigenvalue weighted by molar-refractivity contribution is 0.0593. The minimum absolute atomic E-state index is 0.276. The zero-order valence-corrected chi connectivity index (χ0v) is 12.7. The number of esters is 1. The van der Waals surface area contributed by atoms with Crippen LogP contribution in [0.4, 0.5) is 5.82 Å². The second kappa shape index (κ2) is 5.97. The Balaban J connectivity index is 1.75. The quantitative estimate of drug-likeness (QED) is 0.762. The molecule has 6 heteroatoms. The van der Waals surface area contributed by atoms with E-state index in [0.29, 0.717) is 12.0 Å².